The van der Waals surface area contributed by atoms with Crippen LogP contribution in [-0.2, 0) is 19.5 Å². The first kappa shape index (κ1) is 13.1. The second kappa shape index (κ2) is 5.63. The summed E-state index contributed by atoms with van der Waals surface area (Å²) in [6, 6.07) is 8.43. The molecule has 0 saturated carbocycles. The number of fused-ring (bicyclic) bond motifs is 1. The zero-order chi connectivity index (χ0) is 13.9. The molecular formula is C15H15FN2OS. The lowest BCUT2D eigenvalue weighted by atomic mass is 10.1. The smallest absolute Gasteiger partial charge is 0.317 e. The van der Waals surface area contributed by atoms with Crippen LogP contribution in [0.1, 0.15) is 16.0 Å². The number of rotatable bonds is 2. The molecule has 0 aliphatic carbocycles. The number of benzene rings is 1. The molecule has 1 aliphatic rings. The fraction of sp³-hybridized carbons (Fsp3) is 0.267. The molecule has 2 amide bonds. The number of hydrogen-bond acceptors (Lipinski definition) is 2. The number of carbonyl (C=O) groups excluding carboxylic acids is 1. The minimum Gasteiger partial charge on any atom is -0.334 e. The normalized spacial score (nSPS) is 13.9. The van der Waals surface area contributed by atoms with Crippen LogP contribution >= 0.6 is 11.3 Å². The highest BCUT2D eigenvalue weighted by Crippen LogP contribution is 2.23. The van der Waals surface area contributed by atoms with Gasteiger partial charge in [0.05, 0.1) is 0 Å². The summed E-state index contributed by atoms with van der Waals surface area (Å²) in [5, 5.41) is 4.84. The van der Waals surface area contributed by atoms with Crippen LogP contribution in [0, 0.1) is 5.82 Å². The van der Waals surface area contributed by atoms with E-state index in [0.29, 0.717) is 12.1 Å². The zero-order valence-corrected chi connectivity index (χ0v) is 11.8. The Morgan fingerprint density at radius 2 is 2.20 bits per heavy atom. The van der Waals surface area contributed by atoms with E-state index in [1.807, 2.05) is 0 Å². The fourth-order valence-electron chi connectivity index (χ4n) is 2.35. The lowest BCUT2D eigenvalue weighted by Crippen LogP contribution is -2.42. The molecule has 0 spiro atoms. The lowest BCUT2D eigenvalue weighted by molar-refractivity contribution is 0.192. The summed E-state index contributed by atoms with van der Waals surface area (Å²) < 4.78 is 13.5. The molecule has 3 nitrogen and oxygen atoms in total. The topological polar surface area (TPSA) is 32.3 Å². The van der Waals surface area contributed by atoms with Crippen molar-refractivity contribution in [2.75, 3.05) is 6.54 Å². The van der Waals surface area contributed by atoms with Crippen molar-refractivity contribution in [2.24, 2.45) is 0 Å². The maximum absolute atomic E-state index is 13.5. The van der Waals surface area contributed by atoms with Gasteiger partial charge < -0.3 is 10.2 Å². The SMILES string of the molecule is O=C(NCc1ccccc1F)N1CCc2sccc2C1. The van der Waals surface area contributed by atoms with Gasteiger partial charge in [0.15, 0.2) is 0 Å². The van der Waals surface area contributed by atoms with E-state index in [0.717, 1.165) is 13.0 Å². The molecule has 1 aromatic carbocycles. The number of nitrogens with zero attached hydrogens (tertiary/aromatic N) is 1. The van der Waals surface area contributed by atoms with Crippen LogP contribution in [0.25, 0.3) is 0 Å². The summed E-state index contributed by atoms with van der Waals surface area (Å²) in [4.78, 5) is 15.2. The van der Waals surface area contributed by atoms with Crippen molar-refractivity contribution < 1.29 is 9.18 Å². The highest BCUT2D eigenvalue weighted by atomic mass is 32.1. The summed E-state index contributed by atoms with van der Waals surface area (Å²) in [6.45, 7) is 1.58. The van der Waals surface area contributed by atoms with Gasteiger partial charge in [0.2, 0.25) is 0 Å². The van der Waals surface area contributed by atoms with Gasteiger partial charge in [-0.2, -0.15) is 0 Å². The van der Waals surface area contributed by atoms with Crippen molar-refractivity contribution in [3.8, 4) is 0 Å². The standard InChI is InChI=1S/C15H15FN2OS/c16-13-4-2-1-3-11(13)9-17-15(19)18-7-5-14-12(10-18)6-8-20-14/h1-4,6,8H,5,7,9-10H2,(H,17,19). The first-order valence-electron chi connectivity index (χ1n) is 6.55. The Bertz CT molecular complexity index is 626. The summed E-state index contributed by atoms with van der Waals surface area (Å²) in [6.07, 6.45) is 0.903. The first-order valence-corrected chi connectivity index (χ1v) is 7.43. The molecule has 1 N–H and O–H groups in total. The number of halogens is 1. The van der Waals surface area contributed by atoms with Crippen LogP contribution in [0.5, 0.6) is 0 Å². The fourth-order valence-corrected chi connectivity index (χ4v) is 3.24. The van der Waals surface area contributed by atoms with E-state index >= 15 is 0 Å². The Kier molecular flexibility index (Phi) is 3.69. The predicted molar refractivity (Wildman–Crippen MR) is 77.1 cm³/mol. The Morgan fingerprint density at radius 3 is 3.05 bits per heavy atom. The van der Waals surface area contributed by atoms with Crippen LogP contribution < -0.4 is 5.32 Å². The van der Waals surface area contributed by atoms with E-state index in [1.54, 1.807) is 34.4 Å². The molecule has 3 rings (SSSR count). The Balaban J connectivity index is 1.59. The second-order valence-corrected chi connectivity index (χ2v) is 5.79. The Hall–Kier alpha value is -1.88. The minimum absolute atomic E-state index is 0.134. The predicted octanol–water partition coefficient (Wildman–Crippen LogP) is 3.16. The molecule has 0 bridgehead atoms. The van der Waals surface area contributed by atoms with Crippen molar-refractivity contribution in [1.82, 2.24) is 10.2 Å². The average Bonchev–Trinajstić information content (AvgIpc) is 2.93. The largest absolute Gasteiger partial charge is 0.334 e. The van der Waals surface area contributed by atoms with E-state index in [9.17, 15) is 9.18 Å². The molecule has 1 aromatic heterocycles. The van der Waals surface area contributed by atoms with Crippen LogP contribution in [0.2, 0.25) is 0 Å². The second-order valence-electron chi connectivity index (χ2n) is 4.79. The number of hydrogen-bond donors (Lipinski definition) is 1. The van der Waals surface area contributed by atoms with Gasteiger partial charge in [0, 0.05) is 30.1 Å². The number of carbonyl (C=O) groups is 1. The maximum Gasteiger partial charge on any atom is 0.317 e. The van der Waals surface area contributed by atoms with Crippen LogP contribution in [0.3, 0.4) is 0 Å². The number of urea groups is 1. The Morgan fingerprint density at radius 1 is 1.35 bits per heavy atom. The third-order valence-electron chi connectivity index (χ3n) is 3.48. The van der Waals surface area contributed by atoms with E-state index < -0.39 is 0 Å². The highest BCUT2D eigenvalue weighted by Gasteiger charge is 2.21. The van der Waals surface area contributed by atoms with E-state index in [2.05, 4.69) is 16.8 Å². The summed E-state index contributed by atoms with van der Waals surface area (Å²) in [5.41, 5.74) is 1.73. The van der Waals surface area contributed by atoms with Crippen molar-refractivity contribution >= 4 is 17.4 Å². The van der Waals surface area contributed by atoms with Gasteiger partial charge in [0.1, 0.15) is 5.82 Å². The third-order valence-corrected chi connectivity index (χ3v) is 4.51. The number of amides is 2. The van der Waals surface area contributed by atoms with Crippen molar-refractivity contribution in [3.63, 3.8) is 0 Å². The molecule has 2 heterocycles. The molecule has 0 unspecified atom stereocenters. The molecule has 0 atom stereocenters. The molecule has 0 radical (unpaired) electrons. The highest BCUT2D eigenvalue weighted by molar-refractivity contribution is 7.10. The maximum atomic E-state index is 13.5. The van der Waals surface area contributed by atoms with Crippen molar-refractivity contribution in [2.45, 2.75) is 19.5 Å². The monoisotopic (exact) mass is 290 g/mol. The molecule has 20 heavy (non-hydrogen) atoms. The van der Waals surface area contributed by atoms with Crippen LogP contribution in [-0.4, -0.2) is 17.5 Å². The third kappa shape index (κ3) is 2.67. The Labute approximate surface area is 121 Å². The van der Waals surface area contributed by atoms with Crippen molar-refractivity contribution in [3.05, 3.63) is 57.5 Å². The molecule has 1 aliphatic heterocycles. The molecule has 5 heteroatoms. The minimum atomic E-state index is -0.286. The molecule has 0 saturated heterocycles. The number of nitrogens with one attached hydrogen (secondary N) is 1. The molecular weight excluding hydrogens is 275 g/mol. The molecule has 2 aromatic rings. The molecule has 0 fully saturated rings. The van der Waals surface area contributed by atoms with Gasteiger partial charge in [-0.3, -0.25) is 0 Å². The average molecular weight is 290 g/mol. The van der Waals surface area contributed by atoms with Gasteiger partial charge in [-0.1, -0.05) is 18.2 Å². The van der Waals surface area contributed by atoms with Gasteiger partial charge in [-0.25, -0.2) is 9.18 Å². The van der Waals surface area contributed by atoms with Gasteiger partial charge in [0.25, 0.3) is 0 Å². The van der Waals surface area contributed by atoms with Crippen LogP contribution in [0.4, 0.5) is 9.18 Å². The summed E-state index contributed by atoms with van der Waals surface area (Å²) in [5.74, 6) is -0.286. The van der Waals surface area contributed by atoms with Gasteiger partial charge >= 0.3 is 6.03 Å². The van der Waals surface area contributed by atoms with E-state index in [1.165, 1.54) is 16.5 Å². The van der Waals surface area contributed by atoms with E-state index in [4.69, 9.17) is 0 Å². The van der Waals surface area contributed by atoms with Crippen molar-refractivity contribution in [1.29, 1.82) is 0 Å². The summed E-state index contributed by atoms with van der Waals surface area (Å²) >= 11 is 1.74. The zero-order valence-electron chi connectivity index (χ0n) is 10.9. The summed E-state index contributed by atoms with van der Waals surface area (Å²) in [7, 11) is 0. The van der Waals surface area contributed by atoms with Gasteiger partial charge in [-0.15, -0.1) is 11.3 Å². The first-order chi connectivity index (χ1) is 9.74. The lowest BCUT2D eigenvalue weighted by Gasteiger charge is -2.27. The van der Waals surface area contributed by atoms with E-state index in [-0.39, 0.29) is 18.4 Å². The van der Waals surface area contributed by atoms with Gasteiger partial charge in [-0.05, 0) is 29.5 Å². The quantitative estimate of drug-likeness (QED) is 0.905. The molecule has 104 valence electrons. The number of thiophene rings is 1. The van der Waals surface area contributed by atoms with Crippen LogP contribution in [0.15, 0.2) is 35.7 Å².